The molecule has 2 rings (SSSR count). The Balaban J connectivity index is 2.02. The zero-order valence-electron chi connectivity index (χ0n) is 15.7. The zero-order chi connectivity index (χ0) is 19.0. The largest absolute Gasteiger partial charge is 0.396 e. The van der Waals surface area contributed by atoms with Crippen molar-refractivity contribution in [1.29, 1.82) is 0 Å². The van der Waals surface area contributed by atoms with E-state index in [0.29, 0.717) is 11.4 Å². The molecule has 0 fully saturated rings. The van der Waals surface area contributed by atoms with Gasteiger partial charge < -0.3 is 10.0 Å². The number of hydrogen-bond acceptors (Lipinski definition) is 4. The van der Waals surface area contributed by atoms with Gasteiger partial charge in [-0.1, -0.05) is 49.9 Å². The number of aliphatic hydroxyl groups excluding tert-OH is 1. The molecule has 0 radical (unpaired) electrons. The SMILES string of the molecule is CN(C)c1cccc2c(S(=O)(=O)NCCCCCCCCO)cccc12. The Morgan fingerprint density at radius 2 is 1.50 bits per heavy atom. The first-order valence-corrected chi connectivity index (χ1v) is 10.8. The number of aliphatic hydroxyl groups is 1. The van der Waals surface area contributed by atoms with Crippen LogP contribution in [0.25, 0.3) is 10.8 Å². The average molecular weight is 379 g/mol. The standard InChI is InChI=1S/C20H30N2O3S/c1-22(2)19-13-9-12-18-17(19)11-10-14-20(18)26(24,25)21-15-7-5-3-4-6-8-16-23/h9-14,21,23H,3-8,15-16H2,1-2H3. The minimum Gasteiger partial charge on any atom is -0.396 e. The number of nitrogens with one attached hydrogen (secondary N) is 1. The molecule has 0 spiro atoms. The number of benzene rings is 2. The maximum atomic E-state index is 12.7. The summed E-state index contributed by atoms with van der Waals surface area (Å²) in [5, 5.41) is 10.4. The summed E-state index contributed by atoms with van der Waals surface area (Å²) in [6.07, 6.45) is 5.86. The topological polar surface area (TPSA) is 69.6 Å². The monoisotopic (exact) mass is 378 g/mol. The van der Waals surface area contributed by atoms with Gasteiger partial charge in [-0.05, 0) is 25.0 Å². The van der Waals surface area contributed by atoms with Crippen LogP contribution in [0, 0.1) is 0 Å². The van der Waals surface area contributed by atoms with E-state index in [4.69, 9.17) is 5.11 Å². The molecule has 0 unspecified atom stereocenters. The van der Waals surface area contributed by atoms with Gasteiger partial charge in [0.15, 0.2) is 0 Å². The summed E-state index contributed by atoms with van der Waals surface area (Å²) < 4.78 is 28.2. The van der Waals surface area contributed by atoms with Gasteiger partial charge in [-0.15, -0.1) is 0 Å². The fraction of sp³-hybridized carbons (Fsp3) is 0.500. The molecule has 5 nitrogen and oxygen atoms in total. The number of nitrogens with zero attached hydrogens (tertiary/aromatic N) is 1. The molecule has 0 aliphatic heterocycles. The van der Waals surface area contributed by atoms with Crippen molar-refractivity contribution in [1.82, 2.24) is 4.72 Å². The molecule has 0 aromatic heterocycles. The van der Waals surface area contributed by atoms with Crippen LogP contribution in [0.4, 0.5) is 5.69 Å². The number of unbranched alkanes of at least 4 members (excludes halogenated alkanes) is 5. The van der Waals surface area contributed by atoms with E-state index in [1.54, 1.807) is 12.1 Å². The second kappa shape index (κ2) is 9.90. The van der Waals surface area contributed by atoms with Crippen molar-refractivity contribution < 1.29 is 13.5 Å². The van der Waals surface area contributed by atoms with E-state index in [2.05, 4.69) is 4.72 Å². The molecule has 2 N–H and O–H groups in total. The van der Waals surface area contributed by atoms with E-state index in [9.17, 15) is 8.42 Å². The third kappa shape index (κ3) is 5.43. The van der Waals surface area contributed by atoms with Gasteiger partial charge in [0.1, 0.15) is 0 Å². The van der Waals surface area contributed by atoms with Crippen LogP contribution < -0.4 is 9.62 Å². The van der Waals surface area contributed by atoms with Gasteiger partial charge in [0.05, 0.1) is 4.90 Å². The summed E-state index contributed by atoms with van der Waals surface area (Å²) in [6, 6.07) is 11.2. The molecule has 6 heteroatoms. The molecule has 0 saturated heterocycles. The van der Waals surface area contributed by atoms with Crippen LogP contribution in [-0.4, -0.2) is 40.8 Å². The Morgan fingerprint density at radius 1 is 0.885 bits per heavy atom. The first kappa shape index (κ1) is 20.7. The number of fused-ring (bicyclic) bond motifs is 1. The molecule has 0 atom stereocenters. The third-order valence-corrected chi connectivity index (χ3v) is 6.03. The fourth-order valence-electron chi connectivity index (χ4n) is 3.12. The van der Waals surface area contributed by atoms with Crippen LogP contribution in [0.1, 0.15) is 38.5 Å². The summed E-state index contributed by atoms with van der Waals surface area (Å²) in [4.78, 5) is 2.32. The van der Waals surface area contributed by atoms with Crippen molar-refractivity contribution in [3.05, 3.63) is 36.4 Å². The second-order valence-electron chi connectivity index (χ2n) is 6.77. The Bertz CT molecular complexity index is 804. The van der Waals surface area contributed by atoms with Gasteiger partial charge in [0, 0.05) is 43.7 Å². The quantitative estimate of drug-likeness (QED) is 0.587. The number of anilines is 1. The average Bonchev–Trinajstić information content (AvgIpc) is 2.62. The van der Waals surface area contributed by atoms with E-state index >= 15 is 0 Å². The van der Waals surface area contributed by atoms with E-state index < -0.39 is 10.0 Å². The lowest BCUT2D eigenvalue weighted by molar-refractivity contribution is 0.282. The van der Waals surface area contributed by atoms with Crippen LogP contribution in [-0.2, 0) is 10.0 Å². The maximum absolute atomic E-state index is 12.7. The normalized spacial score (nSPS) is 11.8. The van der Waals surface area contributed by atoms with E-state index in [1.807, 2.05) is 43.3 Å². The zero-order valence-corrected chi connectivity index (χ0v) is 16.6. The lowest BCUT2D eigenvalue weighted by Gasteiger charge is -2.17. The highest BCUT2D eigenvalue weighted by molar-refractivity contribution is 7.89. The minimum atomic E-state index is -3.53. The van der Waals surface area contributed by atoms with Gasteiger partial charge in [0.2, 0.25) is 10.0 Å². The predicted molar refractivity (Wildman–Crippen MR) is 108 cm³/mol. The van der Waals surface area contributed by atoms with E-state index in [1.165, 1.54) is 0 Å². The molecule has 0 heterocycles. The van der Waals surface area contributed by atoms with Crippen LogP contribution in [0.15, 0.2) is 41.3 Å². The lowest BCUT2D eigenvalue weighted by Crippen LogP contribution is -2.25. The van der Waals surface area contributed by atoms with Crippen molar-refractivity contribution in [2.24, 2.45) is 0 Å². The molecular weight excluding hydrogens is 348 g/mol. The van der Waals surface area contributed by atoms with Gasteiger partial charge in [-0.2, -0.15) is 0 Å². The van der Waals surface area contributed by atoms with Crippen molar-refractivity contribution in [2.75, 3.05) is 32.1 Å². The molecule has 0 aliphatic carbocycles. The summed E-state index contributed by atoms with van der Waals surface area (Å²) >= 11 is 0. The van der Waals surface area contributed by atoms with E-state index in [0.717, 1.165) is 55.0 Å². The summed E-state index contributed by atoms with van der Waals surface area (Å²) in [6.45, 7) is 0.701. The molecule has 2 aromatic carbocycles. The summed E-state index contributed by atoms with van der Waals surface area (Å²) in [5.41, 5.74) is 1.00. The lowest BCUT2D eigenvalue weighted by atomic mass is 10.1. The first-order chi connectivity index (χ1) is 12.5. The van der Waals surface area contributed by atoms with Crippen LogP contribution in [0.3, 0.4) is 0 Å². The van der Waals surface area contributed by atoms with Crippen molar-refractivity contribution in [3.63, 3.8) is 0 Å². The smallest absolute Gasteiger partial charge is 0.241 e. The molecule has 0 bridgehead atoms. The first-order valence-electron chi connectivity index (χ1n) is 9.27. The van der Waals surface area contributed by atoms with Gasteiger partial charge in [-0.3, -0.25) is 0 Å². The van der Waals surface area contributed by atoms with Crippen LogP contribution in [0.5, 0.6) is 0 Å². The van der Waals surface area contributed by atoms with Crippen molar-refractivity contribution in [3.8, 4) is 0 Å². The van der Waals surface area contributed by atoms with Crippen molar-refractivity contribution in [2.45, 2.75) is 43.4 Å². The highest BCUT2D eigenvalue weighted by atomic mass is 32.2. The number of hydrogen-bond donors (Lipinski definition) is 2. The molecule has 0 amide bonds. The number of rotatable bonds is 11. The Hall–Kier alpha value is -1.63. The van der Waals surface area contributed by atoms with Crippen LogP contribution >= 0.6 is 0 Å². The Kier molecular flexibility index (Phi) is 7.87. The molecule has 26 heavy (non-hydrogen) atoms. The highest BCUT2D eigenvalue weighted by Gasteiger charge is 2.17. The molecular formula is C20H30N2O3S. The van der Waals surface area contributed by atoms with Gasteiger partial charge >= 0.3 is 0 Å². The van der Waals surface area contributed by atoms with Gasteiger partial charge in [0.25, 0.3) is 0 Å². The predicted octanol–water partition coefficient (Wildman–Crippen LogP) is 3.52. The summed E-state index contributed by atoms with van der Waals surface area (Å²) in [5.74, 6) is 0. The molecule has 144 valence electrons. The maximum Gasteiger partial charge on any atom is 0.241 e. The third-order valence-electron chi connectivity index (χ3n) is 4.51. The molecule has 2 aromatic rings. The van der Waals surface area contributed by atoms with Crippen molar-refractivity contribution >= 4 is 26.5 Å². The van der Waals surface area contributed by atoms with E-state index in [-0.39, 0.29) is 6.61 Å². The highest BCUT2D eigenvalue weighted by Crippen LogP contribution is 2.30. The molecule has 0 saturated carbocycles. The Labute approximate surface area is 157 Å². The number of sulfonamides is 1. The summed E-state index contributed by atoms with van der Waals surface area (Å²) in [7, 11) is 0.374. The fourth-order valence-corrected chi connectivity index (χ4v) is 4.41. The van der Waals surface area contributed by atoms with Crippen LogP contribution in [0.2, 0.25) is 0 Å². The minimum absolute atomic E-state index is 0.250. The molecule has 0 aliphatic rings. The Morgan fingerprint density at radius 3 is 2.19 bits per heavy atom. The van der Waals surface area contributed by atoms with Gasteiger partial charge in [-0.25, -0.2) is 13.1 Å². The second-order valence-corrected chi connectivity index (χ2v) is 8.50.